The monoisotopic (exact) mass is 311 g/mol. The van der Waals surface area contributed by atoms with Gasteiger partial charge in [0.1, 0.15) is 12.4 Å². The fraction of sp³-hybridized carbons (Fsp3) is 0.812. The van der Waals surface area contributed by atoms with E-state index in [1.807, 2.05) is 13.8 Å². The first-order valence-electron chi connectivity index (χ1n) is 7.92. The maximum Gasteiger partial charge on any atom is 0.257 e. The summed E-state index contributed by atoms with van der Waals surface area (Å²) in [5, 5.41) is 0. The number of ether oxygens (including phenoxy) is 1. The quantitative estimate of drug-likeness (QED) is 0.685. The highest BCUT2D eigenvalue weighted by Gasteiger charge is 2.46. The van der Waals surface area contributed by atoms with Gasteiger partial charge in [0.25, 0.3) is 5.91 Å². The van der Waals surface area contributed by atoms with E-state index in [1.165, 1.54) is 12.0 Å². The zero-order chi connectivity index (χ0) is 16.9. The van der Waals surface area contributed by atoms with Gasteiger partial charge in [-0.1, -0.05) is 13.3 Å². The molecule has 0 saturated carbocycles. The Bertz CT molecular complexity index is 448. The zero-order valence-electron chi connectivity index (χ0n) is 14.7. The molecule has 1 rings (SSSR count). The molecule has 0 fully saturated rings. The van der Waals surface area contributed by atoms with Gasteiger partial charge in [0.15, 0.2) is 5.54 Å². The Kier molecular flexibility index (Phi) is 6.53. The lowest BCUT2D eigenvalue weighted by Gasteiger charge is -2.29. The molecule has 0 saturated heterocycles. The zero-order valence-corrected chi connectivity index (χ0v) is 14.7. The van der Waals surface area contributed by atoms with Crippen LogP contribution in [0.4, 0.5) is 0 Å². The molecule has 6 nitrogen and oxygen atoms in total. The lowest BCUT2D eigenvalue weighted by atomic mass is 10.0. The molecule has 0 spiro atoms. The Morgan fingerprint density at radius 1 is 1.45 bits per heavy atom. The molecule has 1 unspecified atom stereocenters. The van der Waals surface area contributed by atoms with Gasteiger partial charge in [0.2, 0.25) is 5.91 Å². The number of aliphatic imine (C=N–C) groups is 1. The number of amidine groups is 1. The number of rotatable bonds is 8. The van der Waals surface area contributed by atoms with Gasteiger partial charge in [-0.3, -0.25) is 19.5 Å². The van der Waals surface area contributed by atoms with Crippen molar-refractivity contribution in [1.29, 1.82) is 0 Å². The van der Waals surface area contributed by atoms with E-state index >= 15 is 0 Å². The van der Waals surface area contributed by atoms with Crippen molar-refractivity contribution in [2.45, 2.75) is 58.5 Å². The van der Waals surface area contributed by atoms with Crippen LogP contribution in [0.25, 0.3) is 0 Å². The summed E-state index contributed by atoms with van der Waals surface area (Å²) >= 11 is 0. The van der Waals surface area contributed by atoms with Gasteiger partial charge >= 0.3 is 0 Å². The molecule has 1 aliphatic rings. The highest BCUT2D eigenvalue weighted by molar-refractivity contribution is 6.08. The minimum atomic E-state index is -0.897. The molecule has 0 N–H and O–H groups in total. The number of carbonyl (C=O) groups excluding carboxylic acids is 2. The van der Waals surface area contributed by atoms with Crippen molar-refractivity contribution in [3.8, 4) is 0 Å². The van der Waals surface area contributed by atoms with E-state index in [4.69, 9.17) is 4.74 Å². The molecule has 0 aliphatic carbocycles. The van der Waals surface area contributed by atoms with Crippen molar-refractivity contribution in [3.63, 3.8) is 0 Å². The minimum absolute atomic E-state index is 0.0150. The average molecular weight is 311 g/mol. The van der Waals surface area contributed by atoms with Crippen molar-refractivity contribution in [2.24, 2.45) is 4.99 Å². The van der Waals surface area contributed by atoms with Crippen molar-refractivity contribution in [1.82, 2.24) is 9.80 Å². The number of unbranched alkanes of at least 4 members (excludes halogenated alkanes) is 1. The number of nitrogens with zero attached hydrogens (tertiary/aromatic N) is 3. The first-order chi connectivity index (χ1) is 10.3. The van der Waals surface area contributed by atoms with Gasteiger partial charge in [-0.15, -0.1) is 0 Å². The molecule has 0 aromatic carbocycles. The second kappa shape index (κ2) is 7.72. The molecule has 1 aliphatic heterocycles. The normalized spacial score (nSPS) is 21.5. The van der Waals surface area contributed by atoms with Crippen molar-refractivity contribution >= 4 is 17.6 Å². The summed E-state index contributed by atoms with van der Waals surface area (Å²) in [6.45, 7) is 8.19. The Morgan fingerprint density at radius 2 is 2.09 bits per heavy atom. The van der Waals surface area contributed by atoms with Crippen LogP contribution in [0.2, 0.25) is 0 Å². The fourth-order valence-corrected chi connectivity index (χ4v) is 2.69. The summed E-state index contributed by atoms with van der Waals surface area (Å²) in [5.74, 6) is 0.674. The third kappa shape index (κ3) is 4.06. The topological polar surface area (TPSA) is 62.2 Å². The lowest BCUT2D eigenvalue weighted by Crippen LogP contribution is -2.50. The molecule has 2 amide bonds. The second-order valence-electron chi connectivity index (χ2n) is 6.36. The van der Waals surface area contributed by atoms with E-state index in [0.29, 0.717) is 0 Å². The van der Waals surface area contributed by atoms with Crippen LogP contribution in [-0.4, -0.2) is 66.3 Å². The molecule has 1 atom stereocenters. The van der Waals surface area contributed by atoms with Crippen molar-refractivity contribution in [3.05, 3.63) is 0 Å². The smallest absolute Gasteiger partial charge is 0.257 e. The fourth-order valence-electron chi connectivity index (χ4n) is 2.69. The lowest BCUT2D eigenvalue weighted by molar-refractivity contribution is -0.137. The summed E-state index contributed by atoms with van der Waals surface area (Å²) in [6, 6.07) is 0.0740. The van der Waals surface area contributed by atoms with Crippen LogP contribution in [0.5, 0.6) is 0 Å². The van der Waals surface area contributed by atoms with E-state index in [0.717, 1.165) is 25.1 Å². The second-order valence-corrected chi connectivity index (χ2v) is 6.36. The SMILES string of the molecule is CCCCC1=NC(C)(CN(C)C(=O)COC)C(=O)N1C(C)C. The van der Waals surface area contributed by atoms with Crippen LogP contribution < -0.4 is 0 Å². The molecule has 126 valence electrons. The summed E-state index contributed by atoms with van der Waals surface area (Å²) in [7, 11) is 3.16. The molecule has 1 heterocycles. The maximum atomic E-state index is 12.8. The Morgan fingerprint density at radius 3 is 2.59 bits per heavy atom. The van der Waals surface area contributed by atoms with Crippen LogP contribution >= 0.6 is 0 Å². The van der Waals surface area contributed by atoms with Gasteiger partial charge < -0.3 is 9.64 Å². The molecular weight excluding hydrogens is 282 g/mol. The van der Waals surface area contributed by atoms with Crippen LogP contribution in [0.1, 0.15) is 47.0 Å². The van der Waals surface area contributed by atoms with Crippen LogP contribution in [0.15, 0.2) is 4.99 Å². The van der Waals surface area contributed by atoms with Crippen molar-refractivity contribution in [2.75, 3.05) is 27.3 Å². The van der Waals surface area contributed by atoms with Gasteiger partial charge in [0, 0.05) is 26.6 Å². The average Bonchev–Trinajstić information content (AvgIpc) is 2.68. The maximum absolute atomic E-state index is 12.8. The van der Waals surface area contributed by atoms with Gasteiger partial charge in [-0.2, -0.15) is 0 Å². The minimum Gasteiger partial charge on any atom is -0.375 e. The van der Waals surface area contributed by atoms with Gasteiger partial charge in [-0.25, -0.2) is 0 Å². The highest BCUT2D eigenvalue weighted by Crippen LogP contribution is 2.27. The standard InChI is InChI=1S/C16H29N3O3/c1-7-8-9-13-17-16(4,15(21)19(13)12(2)3)11-18(5)14(20)10-22-6/h12H,7-11H2,1-6H3. The molecule has 22 heavy (non-hydrogen) atoms. The van der Waals surface area contributed by atoms with E-state index in [9.17, 15) is 9.59 Å². The highest BCUT2D eigenvalue weighted by atomic mass is 16.5. The third-order valence-corrected chi connectivity index (χ3v) is 3.84. The van der Waals surface area contributed by atoms with Crippen LogP contribution in [0, 0.1) is 0 Å². The number of hydrogen-bond acceptors (Lipinski definition) is 4. The number of methoxy groups -OCH3 is 1. The summed E-state index contributed by atoms with van der Waals surface area (Å²) < 4.78 is 4.86. The number of amides is 2. The van der Waals surface area contributed by atoms with E-state index in [1.54, 1.807) is 18.9 Å². The van der Waals surface area contributed by atoms with Gasteiger partial charge in [0.05, 0.1) is 6.54 Å². The molecule has 0 bridgehead atoms. The van der Waals surface area contributed by atoms with Gasteiger partial charge in [-0.05, 0) is 27.2 Å². The first-order valence-corrected chi connectivity index (χ1v) is 7.92. The Hall–Kier alpha value is -1.43. The molecule has 0 radical (unpaired) electrons. The molecule has 0 aromatic heterocycles. The Balaban J connectivity index is 2.93. The van der Waals surface area contributed by atoms with Crippen molar-refractivity contribution < 1.29 is 14.3 Å². The molecule has 0 aromatic rings. The van der Waals surface area contributed by atoms with Crippen LogP contribution in [0.3, 0.4) is 0 Å². The predicted molar refractivity (Wildman–Crippen MR) is 86.9 cm³/mol. The largest absolute Gasteiger partial charge is 0.375 e. The predicted octanol–water partition coefficient (Wildman–Crippen LogP) is 1.69. The van der Waals surface area contributed by atoms with E-state index in [-0.39, 0.29) is 31.0 Å². The summed E-state index contributed by atoms with van der Waals surface area (Å²) in [4.78, 5) is 32.7. The van der Waals surface area contributed by atoms with E-state index in [2.05, 4.69) is 11.9 Å². The number of likely N-dealkylation sites (N-methyl/N-ethyl adjacent to an activating group) is 1. The third-order valence-electron chi connectivity index (χ3n) is 3.84. The van der Waals surface area contributed by atoms with Crippen LogP contribution in [-0.2, 0) is 14.3 Å². The molecule has 6 heteroatoms. The Labute approximate surface area is 133 Å². The van der Waals surface area contributed by atoms with E-state index < -0.39 is 5.54 Å². The number of hydrogen-bond donors (Lipinski definition) is 0. The summed E-state index contributed by atoms with van der Waals surface area (Å²) in [6.07, 6.45) is 2.86. The first kappa shape index (κ1) is 18.6. The summed E-state index contributed by atoms with van der Waals surface area (Å²) in [5.41, 5.74) is -0.897. The molecular formula is C16H29N3O3. The number of carbonyl (C=O) groups is 2.